The minimum Gasteiger partial charge on any atom is -0.481 e. The summed E-state index contributed by atoms with van der Waals surface area (Å²) in [5.41, 5.74) is 1.46. The number of nitrogens with zero attached hydrogens (tertiary/aromatic N) is 1. The topological polar surface area (TPSA) is 150 Å². The Morgan fingerprint density at radius 1 is 0.970 bits per heavy atom. The number of benzene rings is 2. The van der Waals surface area contributed by atoms with Crippen molar-refractivity contribution < 1.29 is 33.9 Å². The predicted molar refractivity (Wildman–Crippen MR) is 113 cm³/mol. The summed E-state index contributed by atoms with van der Waals surface area (Å²) >= 11 is 0. The summed E-state index contributed by atoms with van der Waals surface area (Å²) in [6.45, 7) is 0. The Balaban J connectivity index is 1.51. The smallest absolute Gasteiger partial charge is 0.307 e. The molecule has 0 bridgehead atoms. The van der Waals surface area contributed by atoms with E-state index in [1.54, 1.807) is 24.3 Å². The summed E-state index contributed by atoms with van der Waals surface area (Å²) in [6, 6.07) is 9.90. The monoisotopic (exact) mass is 449 g/mol. The van der Waals surface area contributed by atoms with E-state index in [2.05, 4.69) is 10.6 Å². The fourth-order valence-electron chi connectivity index (χ4n) is 3.95. The molecule has 5 amide bonds. The Morgan fingerprint density at radius 2 is 1.64 bits per heavy atom. The molecule has 0 spiro atoms. The van der Waals surface area contributed by atoms with Crippen molar-refractivity contribution in [2.45, 2.75) is 31.7 Å². The Hall–Kier alpha value is -4.34. The van der Waals surface area contributed by atoms with Crippen LogP contribution in [0.2, 0.25) is 0 Å². The molecule has 0 radical (unpaired) electrons. The molecule has 1 saturated heterocycles. The average molecular weight is 449 g/mol. The number of amides is 5. The normalized spacial score (nSPS) is 17.6. The third-order valence-corrected chi connectivity index (χ3v) is 5.49. The number of piperidine rings is 1. The molecule has 0 aromatic heterocycles. The number of carboxylic acid groups (broad SMARTS) is 1. The van der Waals surface area contributed by atoms with E-state index in [1.165, 1.54) is 18.2 Å². The third-order valence-electron chi connectivity index (χ3n) is 5.49. The highest BCUT2D eigenvalue weighted by Crippen LogP contribution is 2.32. The zero-order valence-electron chi connectivity index (χ0n) is 17.3. The van der Waals surface area contributed by atoms with Crippen molar-refractivity contribution >= 4 is 41.2 Å². The number of anilines is 1. The van der Waals surface area contributed by atoms with Gasteiger partial charge in [0.05, 0.1) is 29.7 Å². The fourth-order valence-corrected chi connectivity index (χ4v) is 3.95. The Morgan fingerprint density at radius 3 is 2.27 bits per heavy atom. The Kier molecular flexibility index (Phi) is 5.74. The van der Waals surface area contributed by atoms with Crippen LogP contribution in [0.5, 0.6) is 0 Å². The lowest BCUT2D eigenvalue weighted by Crippen LogP contribution is -2.54. The van der Waals surface area contributed by atoms with Gasteiger partial charge in [0.1, 0.15) is 6.04 Å². The van der Waals surface area contributed by atoms with Crippen LogP contribution in [-0.2, 0) is 32.0 Å². The van der Waals surface area contributed by atoms with Gasteiger partial charge < -0.3 is 10.4 Å². The molecule has 1 unspecified atom stereocenters. The SMILES string of the molecule is O=C(O)Cc1ccc(CC(=O)Nc2cccc3c2C(=O)N(C2CCC(=O)NC2=O)C3=O)cc1. The summed E-state index contributed by atoms with van der Waals surface area (Å²) < 4.78 is 0. The minimum absolute atomic E-state index is 0.00245. The van der Waals surface area contributed by atoms with Crippen LogP contribution in [0.25, 0.3) is 0 Å². The zero-order chi connectivity index (χ0) is 23.7. The average Bonchev–Trinajstić information content (AvgIpc) is 3.00. The molecule has 2 aromatic rings. The van der Waals surface area contributed by atoms with Crippen molar-refractivity contribution in [3.63, 3.8) is 0 Å². The summed E-state index contributed by atoms with van der Waals surface area (Å²) in [5.74, 6) is -3.93. The van der Waals surface area contributed by atoms with Gasteiger partial charge in [-0.3, -0.25) is 39.0 Å². The molecule has 2 aliphatic rings. The van der Waals surface area contributed by atoms with Gasteiger partial charge in [-0.2, -0.15) is 0 Å². The van der Waals surface area contributed by atoms with Gasteiger partial charge in [-0.15, -0.1) is 0 Å². The Bertz CT molecular complexity index is 1200. The molecule has 0 aliphatic carbocycles. The van der Waals surface area contributed by atoms with E-state index in [-0.39, 0.29) is 42.5 Å². The first-order valence-corrected chi connectivity index (χ1v) is 10.2. The molecule has 3 N–H and O–H groups in total. The van der Waals surface area contributed by atoms with E-state index < -0.39 is 41.5 Å². The van der Waals surface area contributed by atoms with Crippen LogP contribution in [0.1, 0.15) is 44.7 Å². The predicted octanol–water partition coefficient (Wildman–Crippen LogP) is 0.896. The first kappa shape index (κ1) is 21.9. The van der Waals surface area contributed by atoms with Crippen LogP contribution >= 0.6 is 0 Å². The van der Waals surface area contributed by atoms with Crippen molar-refractivity contribution in [2.75, 3.05) is 5.32 Å². The highest BCUT2D eigenvalue weighted by atomic mass is 16.4. The second-order valence-electron chi connectivity index (χ2n) is 7.79. The number of carboxylic acids is 1. The molecule has 33 heavy (non-hydrogen) atoms. The number of imide groups is 2. The molecule has 10 heteroatoms. The number of hydrogen-bond donors (Lipinski definition) is 3. The Labute approximate surface area is 187 Å². The molecule has 10 nitrogen and oxygen atoms in total. The van der Waals surface area contributed by atoms with Crippen molar-refractivity contribution in [1.82, 2.24) is 10.2 Å². The van der Waals surface area contributed by atoms with E-state index in [1.807, 2.05) is 0 Å². The van der Waals surface area contributed by atoms with Crippen LogP contribution in [0.3, 0.4) is 0 Å². The van der Waals surface area contributed by atoms with Gasteiger partial charge in [0, 0.05) is 6.42 Å². The molecule has 168 valence electrons. The highest BCUT2D eigenvalue weighted by molar-refractivity contribution is 6.26. The molecular formula is C23H19N3O7. The lowest BCUT2D eigenvalue weighted by molar-refractivity contribution is -0.137. The van der Waals surface area contributed by atoms with Crippen LogP contribution < -0.4 is 10.6 Å². The first-order chi connectivity index (χ1) is 15.7. The standard InChI is InChI=1S/C23H19N3O7/c27-17-9-8-16(21(31)25-17)26-22(32)14-2-1-3-15(20(14)23(26)33)24-18(28)10-12-4-6-13(7-5-12)11-19(29)30/h1-7,16H,8-11H2,(H,24,28)(H,29,30)(H,25,27,31). The van der Waals surface area contributed by atoms with E-state index in [0.29, 0.717) is 11.1 Å². The number of rotatable bonds is 6. The maximum absolute atomic E-state index is 13.1. The molecule has 1 atom stereocenters. The second kappa shape index (κ2) is 8.65. The van der Waals surface area contributed by atoms with Gasteiger partial charge in [0.2, 0.25) is 17.7 Å². The van der Waals surface area contributed by atoms with Gasteiger partial charge >= 0.3 is 5.97 Å². The summed E-state index contributed by atoms with van der Waals surface area (Å²) in [5, 5.41) is 13.6. The number of carbonyl (C=O) groups excluding carboxylic acids is 5. The van der Waals surface area contributed by atoms with Crippen LogP contribution in [0.15, 0.2) is 42.5 Å². The van der Waals surface area contributed by atoms with Crippen LogP contribution in [-0.4, -0.2) is 51.6 Å². The molecular weight excluding hydrogens is 430 g/mol. The van der Waals surface area contributed by atoms with E-state index in [9.17, 15) is 28.8 Å². The van der Waals surface area contributed by atoms with E-state index >= 15 is 0 Å². The van der Waals surface area contributed by atoms with Crippen molar-refractivity contribution in [3.8, 4) is 0 Å². The number of nitrogens with one attached hydrogen (secondary N) is 2. The maximum Gasteiger partial charge on any atom is 0.307 e. The molecule has 2 aromatic carbocycles. The molecule has 4 rings (SSSR count). The second-order valence-corrected chi connectivity index (χ2v) is 7.79. The van der Waals surface area contributed by atoms with Crippen LogP contribution in [0.4, 0.5) is 5.69 Å². The number of hydrogen-bond acceptors (Lipinski definition) is 6. The lowest BCUT2D eigenvalue weighted by atomic mass is 10.0. The van der Waals surface area contributed by atoms with Crippen molar-refractivity contribution in [2.24, 2.45) is 0 Å². The van der Waals surface area contributed by atoms with Gasteiger partial charge in [-0.05, 0) is 29.7 Å². The number of carbonyl (C=O) groups is 6. The van der Waals surface area contributed by atoms with Crippen molar-refractivity contribution in [1.29, 1.82) is 0 Å². The maximum atomic E-state index is 13.1. The van der Waals surface area contributed by atoms with Gasteiger partial charge in [-0.25, -0.2) is 0 Å². The van der Waals surface area contributed by atoms with E-state index in [4.69, 9.17) is 5.11 Å². The number of fused-ring (bicyclic) bond motifs is 1. The molecule has 1 fully saturated rings. The van der Waals surface area contributed by atoms with Gasteiger partial charge in [-0.1, -0.05) is 30.3 Å². The van der Waals surface area contributed by atoms with Crippen LogP contribution in [0, 0.1) is 0 Å². The lowest BCUT2D eigenvalue weighted by Gasteiger charge is -2.27. The molecule has 2 heterocycles. The van der Waals surface area contributed by atoms with E-state index in [0.717, 1.165) is 4.90 Å². The summed E-state index contributed by atoms with van der Waals surface area (Å²) in [4.78, 5) is 73.7. The summed E-state index contributed by atoms with van der Waals surface area (Å²) in [6.07, 6.45) is -0.104. The van der Waals surface area contributed by atoms with Gasteiger partial charge in [0.25, 0.3) is 11.8 Å². The first-order valence-electron chi connectivity index (χ1n) is 10.2. The minimum atomic E-state index is -1.09. The number of aliphatic carboxylic acids is 1. The fraction of sp³-hybridized carbons (Fsp3) is 0.217. The third kappa shape index (κ3) is 4.36. The zero-order valence-corrected chi connectivity index (χ0v) is 17.3. The molecule has 2 aliphatic heterocycles. The highest BCUT2D eigenvalue weighted by Gasteiger charge is 2.45. The van der Waals surface area contributed by atoms with Crippen molar-refractivity contribution in [3.05, 3.63) is 64.7 Å². The largest absolute Gasteiger partial charge is 0.481 e. The molecule has 0 saturated carbocycles. The van der Waals surface area contributed by atoms with Gasteiger partial charge in [0.15, 0.2) is 0 Å². The summed E-state index contributed by atoms with van der Waals surface area (Å²) in [7, 11) is 0. The quantitative estimate of drug-likeness (QED) is 0.555.